The van der Waals surface area contributed by atoms with Gasteiger partial charge in [0.15, 0.2) is 5.96 Å². The minimum Gasteiger partial charge on any atom is -0.375 e. The van der Waals surface area contributed by atoms with E-state index in [4.69, 9.17) is 9.47 Å². The summed E-state index contributed by atoms with van der Waals surface area (Å²) in [6.07, 6.45) is 5.32. The van der Waals surface area contributed by atoms with Gasteiger partial charge < -0.3 is 24.6 Å². The number of likely N-dealkylation sites (tertiary alicyclic amines) is 1. The van der Waals surface area contributed by atoms with Gasteiger partial charge in [-0.05, 0) is 39.3 Å². The lowest BCUT2D eigenvalue weighted by molar-refractivity contribution is -0.0817. The van der Waals surface area contributed by atoms with E-state index in [2.05, 4.69) is 27.2 Å². The Morgan fingerprint density at radius 2 is 2.00 bits per heavy atom. The first-order valence-electron chi connectivity index (χ1n) is 8.67. The zero-order valence-electron chi connectivity index (χ0n) is 14.0. The summed E-state index contributed by atoms with van der Waals surface area (Å²) in [6, 6.07) is 0.631. The summed E-state index contributed by atoms with van der Waals surface area (Å²) in [5.41, 5.74) is 0. The second-order valence-electron chi connectivity index (χ2n) is 6.61. The van der Waals surface area contributed by atoms with Crippen LogP contribution in [0.25, 0.3) is 0 Å². The van der Waals surface area contributed by atoms with Crippen LogP contribution in [-0.4, -0.2) is 87.5 Å². The second kappa shape index (κ2) is 7.62. The van der Waals surface area contributed by atoms with Crippen molar-refractivity contribution < 1.29 is 9.47 Å². The van der Waals surface area contributed by atoms with E-state index in [0.717, 1.165) is 51.6 Å². The average molecular weight is 310 g/mol. The van der Waals surface area contributed by atoms with Gasteiger partial charge in [0.05, 0.1) is 12.7 Å². The SMILES string of the molecule is CN=C(NCC1CCCN1C)N1CCOC(C2CCCO2)C1. The van der Waals surface area contributed by atoms with Crippen LogP contribution >= 0.6 is 0 Å². The van der Waals surface area contributed by atoms with Gasteiger partial charge >= 0.3 is 0 Å². The third-order valence-electron chi connectivity index (χ3n) is 5.15. The van der Waals surface area contributed by atoms with Gasteiger partial charge in [0.2, 0.25) is 0 Å². The van der Waals surface area contributed by atoms with Crippen molar-refractivity contribution in [3.8, 4) is 0 Å². The number of nitrogens with one attached hydrogen (secondary N) is 1. The zero-order chi connectivity index (χ0) is 15.4. The lowest BCUT2D eigenvalue weighted by Gasteiger charge is -2.37. The molecule has 3 rings (SSSR count). The Balaban J connectivity index is 1.51. The lowest BCUT2D eigenvalue weighted by Crippen LogP contribution is -2.54. The number of ether oxygens (including phenoxy) is 2. The van der Waals surface area contributed by atoms with Crippen LogP contribution in [0.15, 0.2) is 4.99 Å². The van der Waals surface area contributed by atoms with Gasteiger partial charge in [0, 0.05) is 39.3 Å². The minimum absolute atomic E-state index is 0.184. The number of morpholine rings is 1. The van der Waals surface area contributed by atoms with Gasteiger partial charge in [-0.15, -0.1) is 0 Å². The molecular weight excluding hydrogens is 280 g/mol. The van der Waals surface area contributed by atoms with Crippen LogP contribution < -0.4 is 5.32 Å². The van der Waals surface area contributed by atoms with Crippen molar-refractivity contribution in [2.75, 3.05) is 53.5 Å². The largest absolute Gasteiger partial charge is 0.375 e. The lowest BCUT2D eigenvalue weighted by atomic mass is 10.1. The summed E-state index contributed by atoms with van der Waals surface area (Å²) >= 11 is 0. The summed E-state index contributed by atoms with van der Waals surface area (Å²) in [5, 5.41) is 3.56. The van der Waals surface area contributed by atoms with Crippen molar-refractivity contribution in [1.82, 2.24) is 15.1 Å². The quantitative estimate of drug-likeness (QED) is 0.609. The highest BCUT2D eigenvalue weighted by molar-refractivity contribution is 5.80. The van der Waals surface area contributed by atoms with Crippen LogP contribution in [0.4, 0.5) is 0 Å². The number of aliphatic imine (C=N–C) groups is 1. The molecule has 3 atom stereocenters. The summed E-state index contributed by atoms with van der Waals surface area (Å²) in [5.74, 6) is 1.01. The predicted octanol–water partition coefficient (Wildman–Crippen LogP) is 0.536. The Labute approximate surface area is 133 Å². The molecule has 3 saturated heterocycles. The Bertz CT molecular complexity index is 384. The van der Waals surface area contributed by atoms with E-state index in [-0.39, 0.29) is 12.2 Å². The van der Waals surface area contributed by atoms with Crippen molar-refractivity contribution in [2.45, 2.75) is 43.9 Å². The van der Waals surface area contributed by atoms with Crippen LogP contribution in [0.1, 0.15) is 25.7 Å². The molecule has 22 heavy (non-hydrogen) atoms. The van der Waals surface area contributed by atoms with Crippen molar-refractivity contribution >= 4 is 5.96 Å². The highest BCUT2D eigenvalue weighted by atomic mass is 16.5. The molecule has 0 radical (unpaired) electrons. The fraction of sp³-hybridized carbons (Fsp3) is 0.938. The van der Waals surface area contributed by atoms with Crippen LogP contribution in [0.3, 0.4) is 0 Å². The molecule has 6 nitrogen and oxygen atoms in total. The molecule has 3 fully saturated rings. The maximum Gasteiger partial charge on any atom is 0.193 e. The molecule has 0 saturated carbocycles. The maximum atomic E-state index is 5.92. The first-order valence-corrected chi connectivity index (χ1v) is 8.67. The van der Waals surface area contributed by atoms with Crippen LogP contribution in [-0.2, 0) is 9.47 Å². The summed E-state index contributed by atoms with van der Waals surface area (Å²) in [7, 11) is 4.08. The molecular formula is C16H30N4O2. The van der Waals surface area contributed by atoms with Crippen LogP contribution in [0, 0.1) is 0 Å². The van der Waals surface area contributed by atoms with Crippen LogP contribution in [0.5, 0.6) is 0 Å². The maximum absolute atomic E-state index is 5.92. The van der Waals surface area contributed by atoms with E-state index in [1.165, 1.54) is 19.4 Å². The topological polar surface area (TPSA) is 49.3 Å². The molecule has 0 aromatic heterocycles. The minimum atomic E-state index is 0.184. The van der Waals surface area contributed by atoms with E-state index < -0.39 is 0 Å². The van der Waals surface area contributed by atoms with Gasteiger partial charge in [-0.25, -0.2) is 0 Å². The molecule has 3 heterocycles. The van der Waals surface area contributed by atoms with Crippen molar-refractivity contribution in [2.24, 2.45) is 4.99 Å². The van der Waals surface area contributed by atoms with E-state index >= 15 is 0 Å². The normalized spacial score (nSPS) is 34.4. The molecule has 3 aliphatic heterocycles. The highest BCUT2D eigenvalue weighted by Crippen LogP contribution is 2.21. The van der Waals surface area contributed by atoms with Crippen molar-refractivity contribution in [3.05, 3.63) is 0 Å². The molecule has 0 aliphatic carbocycles. The fourth-order valence-electron chi connectivity index (χ4n) is 3.77. The number of guanidine groups is 1. The molecule has 3 aliphatic rings. The number of rotatable bonds is 3. The Morgan fingerprint density at radius 3 is 2.68 bits per heavy atom. The standard InChI is InChI=1S/C16H30N4O2/c1-17-16(18-11-13-5-3-7-19(13)2)20-8-10-22-15(12-20)14-6-4-9-21-14/h13-15H,3-12H2,1-2H3,(H,17,18). The van der Waals surface area contributed by atoms with Crippen molar-refractivity contribution in [1.29, 1.82) is 0 Å². The predicted molar refractivity (Wildman–Crippen MR) is 87.3 cm³/mol. The van der Waals surface area contributed by atoms with E-state index in [0.29, 0.717) is 6.04 Å². The monoisotopic (exact) mass is 310 g/mol. The molecule has 0 amide bonds. The Kier molecular flexibility index (Phi) is 5.55. The van der Waals surface area contributed by atoms with Gasteiger partial charge in [-0.1, -0.05) is 0 Å². The molecule has 0 aromatic carbocycles. The smallest absolute Gasteiger partial charge is 0.193 e. The third-order valence-corrected chi connectivity index (χ3v) is 5.15. The van der Waals surface area contributed by atoms with E-state index in [9.17, 15) is 0 Å². The van der Waals surface area contributed by atoms with Crippen LogP contribution in [0.2, 0.25) is 0 Å². The molecule has 126 valence electrons. The average Bonchev–Trinajstić information content (AvgIpc) is 3.20. The number of nitrogens with zero attached hydrogens (tertiary/aromatic N) is 3. The van der Waals surface area contributed by atoms with E-state index in [1.54, 1.807) is 0 Å². The number of hydrogen-bond acceptors (Lipinski definition) is 4. The summed E-state index contributed by atoms with van der Waals surface area (Å²) < 4.78 is 11.7. The summed E-state index contributed by atoms with van der Waals surface area (Å²) in [6.45, 7) is 5.61. The second-order valence-corrected chi connectivity index (χ2v) is 6.61. The molecule has 3 unspecified atom stereocenters. The summed E-state index contributed by atoms with van der Waals surface area (Å²) in [4.78, 5) is 9.24. The first-order chi connectivity index (χ1) is 10.8. The number of hydrogen-bond donors (Lipinski definition) is 1. The molecule has 0 aromatic rings. The van der Waals surface area contributed by atoms with E-state index in [1.807, 2.05) is 7.05 Å². The van der Waals surface area contributed by atoms with Gasteiger partial charge in [0.25, 0.3) is 0 Å². The van der Waals surface area contributed by atoms with Gasteiger partial charge in [0.1, 0.15) is 6.10 Å². The van der Waals surface area contributed by atoms with Gasteiger partial charge in [-0.2, -0.15) is 0 Å². The van der Waals surface area contributed by atoms with Gasteiger partial charge in [-0.3, -0.25) is 4.99 Å². The third kappa shape index (κ3) is 3.73. The zero-order valence-corrected chi connectivity index (χ0v) is 14.0. The highest BCUT2D eigenvalue weighted by Gasteiger charge is 2.32. The fourth-order valence-corrected chi connectivity index (χ4v) is 3.77. The van der Waals surface area contributed by atoms with Crippen molar-refractivity contribution in [3.63, 3.8) is 0 Å². The Morgan fingerprint density at radius 1 is 1.14 bits per heavy atom. The molecule has 6 heteroatoms. The molecule has 0 bridgehead atoms. The number of likely N-dealkylation sites (N-methyl/N-ethyl adjacent to an activating group) is 1. The first kappa shape index (κ1) is 16.0. The Hall–Kier alpha value is -0.850. The molecule has 1 N–H and O–H groups in total. The molecule has 0 spiro atoms.